The fraction of sp³-hybridized carbons (Fsp3) is 0.200. The Balaban J connectivity index is 2.35. The van der Waals surface area contributed by atoms with Crippen molar-refractivity contribution in [2.75, 3.05) is 19.9 Å². The largest absolute Gasteiger partial charge is 0.495 e. The van der Waals surface area contributed by atoms with Gasteiger partial charge in [-0.2, -0.15) is 4.31 Å². The third-order valence-electron chi connectivity index (χ3n) is 3.12. The highest BCUT2D eigenvalue weighted by molar-refractivity contribution is 7.89. The second-order valence-corrected chi connectivity index (χ2v) is 6.67. The number of benzene rings is 2. The van der Waals surface area contributed by atoms with Gasteiger partial charge in [-0.15, -0.1) is 0 Å². The number of nitrogen functional groups attached to an aromatic ring is 1. The lowest BCUT2D eigenvalue weighted by Crippen LogP contribution is -2.27. The van der Waals surface area contributed by atoms with Crippen LogP contribution < -0.4 is 10.5 Å². The number of sulfonamides is 1. The Bertz CT molecular complexity index is 715. The van der Waals surface area contributed by atoms with Crippen molar-refractivity contribution >= 4 is 15.7 Å². The highest BCUT2D eigenvalue weighted by atomic mass is 32.2. The van der Waals surface area contributed by atoms with Gasteiger partial charge in [0.25, 0.3) is 0 Å². The van der Waals surface area contributed by atoms with Crippen LogP contribution in [0.3, 0.4) is 0 Å². The lowest BCUT2D eigenvalue weighted by molar-refractivity contribution is 0.397. The van der Waals surface area contributed by atoms with E-state index < -0.39 is 10.0 Å². The van der Waals surface area contributed by atoms with Gasteiger partial charge in [0, 0.05) is 19.3 Å². The minimum atomic E-state index is -3.67. The third-order valence-corrected chi connectivity index (χ3v) is 4.95. The number of nitrogens with zero attached hydrogens (tertiary/aromatic N) is 1. The highest BCUT2D eigenvalue weighted by Crippen LogP contribution is 2.28. The van der Waals surface area contributed by atoms with E-state index in [2.05, 4.69) is 0 Å². The van der Waals surface area contributed by atoms with Crippen LogP contribution >= 0.6 is 0 Å². The van der Waals surface area contributed by atoms with Gasteiger partial charge in [-0.3, -0.25) is 0 Å². The summed E-state index contributed by atoms with van der Waals surface area (Å²) < 4.78 is 31.7. The average Bonchev–Trinajstić information content (AvgIpc) is 2.48. The molecule has 21 heavy (non-hydrogen) atoms. The van der Waals surface area contributed by atoms with Crippen LogP contribution in [-0.4, -0.2) is 26.9 Å². The molecular formula is C15H18N2O3S. The minimum absolute atomic E-state index is 0.0726. The van der Waals surface area contributed by atoms with Crippen LogP contribution in [0.4, 0.5) is 5.69 Å². The number of hydrogen-bond donors (Lipinski definition) is 1. The molecule has 0 amide bonds. The lowest BCUT2D eigenvalue weighted by Gasteiger charge is -2.19. The minimum Gasteiger partial charge on any atom is -0.495 e. The topological polar surface area (TPSA) is 72.6 Å². The first-order valence-electron chi connectivity index (χ1n) is 6.39. The van der Waals surface area contributed by atoms with Crippen LogP contribution in [0.1, 0.15) is 5.56 Å². The molecule has 2 N–H and O–H groups in total. The van der Waals surface area contributed by atoms with Crippen molar-refractivity contribution in [2.24, 2.45) is 0 Å². The van der Waals surface area contributed by atoms with Crippen LogP contribution in [0.15, 0.2) is 53.4 Å². The molecule has 0 bridgehead atoms. The van der Waals surface area contributed by atoms with Gasteiger partial charge in [0.05, 0.1) is 7.11 Å². The molecule has 0 saturated carbocycles. The maximum absolute atomic E-state index is 12.7. The highest BCUT2D eigenvalue weighted by Gasteiger charge is 2.25. The standard InChI is InChI=1S/C15H18N2O3S/c1-17(11-12-6-4-3-5-7-12)21(18,19)15-10-13(16)8-9-14(15)20-2/h3-10H,11,16H2,1-2H3. The van der Waals surface area contributed by atoms with Crippen molar-refractivity contribution in [1.29, 1.82) is 0 Å². The molecule has 0 spiro atoms. The summed E-state index contributed by atoms with van der Waals surface area (Å²) in [6.07, 6.45) is 0. The van der Waals surface area contributed by atoms with Crippen molar-refractivity contribution in [3.63, 3.8) is 0 Å². The van der Waals surface area contributed by atoms with E-state index in [1.54, 1.807) is 12.1 Å². The molecule has 0 saturated heterocycles. The molecule has 0 fully saturated rings. The van der Waals surface area contributed by atoms with Gasteiger partial charge in [0.15, 0.2) is 0 Å². The zero-order valence-electron chi connectivity index (χ0n) is 12.0. The van der Waals surface area contributed by atoms with E-state index in [-0.39, 0.29) is 17.2 Å². The summed E-state index contributed by atoms with van der Waals surface area (Å²) >= 11 is 0. The van der Waals surface area contributed by atoms with E-state index in [9.17, 15) is 8.42 Å². The summed E-state index contributed by atoms with van der Waals surface area (Å²) in [7, 11) is -0.709. The van der Waals surface area contributed by atoms with E-state index in [1.165, 1.54) is 24.5 Å². The average molecular weight is 306 g/mol. The van der Waals surface area contributed by atoms with E-state index in [0.29, 0.717) is 5.69 Å². The molecule has 112 valence electrons. The molecule has 2 aromatic carbocycles. The normalized spacial score (nSPS) is 11.6. The van der Waals surface area contributed by atoms with E-state index in [0.717, 1.165) is 5.56 Å². The smallest absolute Gasteiger partial charge is 0.246 e. The molecule has 0 unspecified atom stereocenters. The molecule has 0 aliphatic carbocycles. The molecular weight excluding hydrogens is 288 g/mol. The van der Waals surface area contributed by atoms with E-state index >= 15 is 0 Å². The molecule has 0 aliphatic rings. The Hall–Kier alpha value is -2.05. The molecule has 0 aromatic heterocycles. The molecule has 5 nitrogen and oxygen atoms in total. The van der Waals surface area contributed by atoms with Crippen molar-refractivity contribution in [1.82, 2.24) is 4.31 Å². The van der Waals surface area contributed by atoms with Crippen LogP contribution in [0.5, 0.6) is 5.75 Å². The molecule has 2 rings (SSSR count). The summed E-state index contributed by atoms with van der Waals surface area (Å²) in [5.74, 6) is 0.282. The summed E-state index contributed by atoms with van der Waals surface area (Å²) in [4.78, 5) is 0.0726. The Labute approximate surface area is 125 Å². The first kappa shape index (κ1) is 15.3. The van der Waals surface area contributed by atoms with Crippen LogP contribution in [0.25, 0.3) is 0 Å². The Morgan fingerprint density at radius 2 is 1.81 bits per heavy atom. The number of rotatable bonds is 5. The first-order valence-corrected chi connectivity index (χ1v) is 7.83. The van der Waals surface area contributed by atoms with Crippen LogP contribution in [-0.2, 0) is 16.6 Å². The van der Waals surface area contributed by atoms with Crippen LogP contribution in [0, 0.1) is 0 Å². The monoisotopic (exact) mass is 306 g/mol. The second-order valence-electron chi connectivity index (χ2n) is 4.66. The van der Waals surface area contributed by atoms with Gasteiger partial charge >= 0.3 is 0 Å². The molecule has 0 atom stereocenters. The number of ether oxygens (including phenoxy) is 1. The molecule has 0 radical (unpaired) electrons. The summed E-state index contributed by atoms with van der Waals surface area (Å²) in [6, 6.07) is 14.0. The number of nitrogens with two attached hydrogens (primary N) is 1. The fourth-order valence-electron chi connectivity index (χ4n) is 1.99. The van der Waals surface area contributed by atoms with E-state index in [4.69, 9.17) is 10.5 Å². The zero-order chi connectivity index (χ0) is 15.5. The van der Waals surface area contributed by atoms with Gasteiger partial charge < -0.3 is 10.5 Å². The van der Waals surface area contributed by atoms with Crippen molar-refractivity contribution in [3.05, 3.63) is 54.1 Å². The number of hydrogen-bond acceptors (Lipinski definition) is 4. The van der Waals surface area contributed by atoms with Crippen molar-refractivity contribution in [2.45, 2.75) is 11.4 Å². The summed E-state index contributed by atoms with van der Waals surface area (Å²) in [5, 5.41) is 0. The maximum atomic E-state index is 12.7. The first-order chi connectivity index (χ1) is 9.95. The second kappa shape index (κ2) is 6.15. The van der Waals surface area contributed by atoms with E-state index in [1.807, 2.05) is 30.3 Å². The molecule has 0 heterocycles. The number of methoxy groups -OCH3 is 1. The van der Waals surface area contributed by atoms with Crippen LogP contribution in [0.2, 0.25) is 0 Å². The quantitative estimate of drug-likeness (QED) is 0.859. The van der Waals surface area contributed by atoms with Gasteiger partial charge in [-0.1, -0.05) is 30.3 Å². The van der Waals surface area contributed by atoms with Gasteiger partial charge in [0.2, 0.25) is 10.0 Å². The Morgan fingerprint density at radius 1 is 1.14 bits per heavy atom. The zero-order valence-corrected chi connectivity index (χ0v) is 12.8. The number of anilines is 1. The molecule has 6 heteroatoms. The third kappa shape index (κ3) is 3.34. The predicted molar refractivity (Wildman–Crippen MR) is 82.5 cm³/mol. The SMILES string of the molecule is COc1ccc(N)cc1S(=O)(=O)N(C)Cc1ccccc1. The molecule has 0 aliphatic heterocycles. The Morgan fingerprint density at radius 3 is 2.43 bits per heavy atom. The van der Waals surface area contributed by atoms with Crippen molar-refractivity contribution < 1.29 is 13.2 Å². The van der Waals surface area contributed by atoms with Gasteiger partial charge in [-0.25, -0.2) is 8.42 Å². The Kier molecular flexibility index (Phi) is 4.50. The molecule has 2 aromatic rings. The lowest BCUT2D eigenvalue weighted by atomic mass is 10.2. The van der Waals surface area contributed by atoms with Crippen molar-refractivity contribution in [3.8, 4) is 5.75 Å². The fourth-order valence-corrected chi connectivity index (χ4v) is 3.33. The van der Waals surface area contributed by atoms with Gasteiger partial charge in [-0.05, 0) is 23.8 Å². The predicted octanol–water partition coefficient (Wildman–Crippen LogP) is 2.10. The summed E-state index contributed by atoms with van der Waals surface area (Å²) in [6.45, 7) is 0.279. The summed E-state index contributed by atoms with van der Waals surface area (Å²) in [5.41, 5.74) is 6.98. The maximum Gasteiger partial charge on any atom is 0.246 e. The van der Waals surface area contributed by atoms with Gasteiger partial charge in [0.1, 0.15) is 10.6 Å².